The van der Waals surface area contributed by atoms with Crippen LogP contribution in [0.15, 0.2) is 66.9 Å². The quantitative estimate of drug-likeness (QED) is 0.528. The largest absolute Gasteiger partial charge is 0.352 e. The van der Waals surface area contributed by atoms with Crippen molar-refractivity contribution in [2.45, 2.75) is 26.3 Å². The topological polar surface area (TPSA) is 53.4 Å². The normalized spacial score (nSPS) is 15.0. The first kappa shape index (κ1) is 22.2. The van der Waals surface area contributed by atoms with Gasteiger partial charge in [-0.25, -0.2) is 4.68 Å². The Kier molecular flexibility index (Phi) is 7.69. The number of nitrogens with zero attached hydrogens (tertiary/aromatic N) is 4. The van der Waals surface area contributed by atoms with E-state index in [1.54, 1.807) is 6.20 Å². The fraction of sp³-hybridized carbons (Fsp3) is 0.385. The zero-order valence-electron chi connectivity index (χ0n) is 18.9. The molecule has 0 aliphatic carbocycles. The second kappa shape index (κ2) is 11.1. The van der Waals surface area contributed by atoms with Crippen molar-refractivity contribution in [3.05, 3.63) is 83.7 Å². The van der Waals surface area contributed by atoms with Crippen LogP contribution < -0.4 is 5.32 Å². The van der Waals surface area contributed by atoms with Crippen LogP contribution in [-0.4, -0.2) is 64.8 Å². The van der Waals surface area contributed by atoms with Crippen molar-refractivity contribution in [1.29, 1.82) is 0 Å². The predicted octanol–water partition coefficient (Wildman–Crippen LogP) is 3.37. The van der Waals surface area contributed by atoms with Gasteiger partial charge in [0.2, 0.25) is 0 Å². The van der Waals surface area contributed by atoms with Gasteiger partial charge in [-0.1, -0.05) is 55.5 Å². The molecule has 32 heavy (non-hydrogen) atoms. The summed E-state index contributed by atoms with van der Waals surface area (Å²) in [5.41, 5.74) is 3.98. The number of aromatic nitrogens is 2. The van der Waals surface area contributed by atoms with Crippen molar-refractivity contribution in [3.63, 3.8) is 0 Å². The molecule has 1 aliphatic heterocycles. The Labute approximate surface area is 190 Å². The fourth-order valence-electron chi connectivity index (χ4n) is 4.31. The van der Waals surface area contributed by atoms with E-state index < -0.39 is 0 Å². The molecule has 0 spiro atoms. The summed E-state index contributed by atoms with van der Waals surface area (Å²) in [6.07, 6.45) is 3.40. The molecule has 6 heteroatoms. The van der Waals surface area contributed by atoms with Gasteiger partial charge >= 0.3 is 0 Å². The molecule has 2 heterocycles. The standard InChI is InChI=1S/C26H33N5O/c1-2-25-24(20-28-31(25)23-12-7-4-8-13-23)26(32)27-14-9-15-29-16-18-30(19-17-29)21-22-10-5-3-6-11-22/h3-8,10-13,20H,2,9,14-19,21H2,1H3,(H,27,32). The SMILES string of the molecule is CCc1c(C(=O)NCCCN2CCN(Cc3ccccc3)CC2)cnn1-c1ccccc1. The summed E-state index contributed by atoms with van der Waals surface area (Å²) in [6.45, 7) is 9.16. The molecule has 1 aliphatic rings. The Hall–Kier alpha value is -2.96. The van der Waals surface area contributed by atoms with Gasteiger partial charge in [-0.3, -0.25) is 9.69 Å². The van der Waals surface area contributed by atoms with E-state index in [0.29, 0.717) is 12.1 Å². The van der Waals surface area contributed by atoms with Gasteiger partial charge in [0.1, 0.15) is 0 Å². The van der Waals surface area contributed by atoms with Crippen LogP contribution in [0, 0.1) is 0 Å². The summed E-state index contributed by atoms with van der Waals surface area (Å²) in [7, 11) is 0. The lowest BCUT2D eigenvalue weighted by Crippen LogP contribution is -2.46. The average Bonchev–Trinajstić information content (AvgIpc) is 3.28. The third-order valence-electron chi connectivity index (χ3n) is 6.10. The molecule has 3 aromatic rings. The van der Waals surface area contributed by atoms with Crippen LogP contribution in [0.3, 0.4) is 0 Å². The molecule has 0 saturated carbocycles. The number of amides is 1. The highest BCUT2D eigenvalue weighted by atomic mass is 16.1. The van der Waals surface area contributed by atoms with E-state index in [9.17, 15) is 4.79 Å². The minimum atomic E-state index is -0.0308. The number of hydrogen-bond donors (Lipinski definition) is 1. The Morgan fingerprint density at radius 3 is 2.28 bits per heavy atom. The van der Waals surface area contributed by atoms with Crippen molar-refractivity contribution in [1.82, 2.24) is 24.9 Å². The molecular formula is C26H33N5O. The smallest absolute Gasteiger partial charge is 0.254 e. The van der Waals surface area contributed by atoms with Crippen molar-refractivity contribution in [3.8, 4) is 5.69 Å². The van der Waals surface area contributed by atoms with Gasteiger partial charge in [-0.15, -0.1) is 0 Å². The minimum Gasteiger partial charge on any atom is -0.352 e. The average molecular weight is 432 g/mol. The summed E-state index contributed by atoms with van der Waals surface area (Å²) in [4.78, 5) is 17.8. The summed E-state index contributed by atoms with van der Waals surface area (Å²) in [5.74, 6) is -0.0308. The first-order chi connectivity index (χ1) is 15.7. The van der Waals surface area contributed by atoms with Crippen molar-refractivity contribution in [2.24, 2.45) is 0 Å². The van der Waals surface area contributed by atoms with Gasteiger partial charge in [0.25, 0.3) is 5.91 Å². The molecule has 2 aromatic carbocycles. The first-order valence-electron chi connectivity index (χ1n) is 11.6. The molecule has 1 N–H and O–H groups in total. The lowest BCUT2D eigenvalue weighted by atomic mass is 10.2. The molecule has 168 valence electrons. The number of para-hydroxylation sites is 1. The van der Waals surface area contributed by atoms with Crippen molar-refractivity contribution in [2.75, 3.05) is 39.3 Å². The Balaban J connectivity index is 1.20. The molecule has 1 aromatic heterocycles. The minimum absolute atomic E-state index is 0.0308. The van der Waals surface area contributed by atoms with Crippen LogP contribution in [0.1, 0.15) is 35.0 Å². The van der Waals surface area contributed by atoms with E-state index in [0.717, 1.165) is 63.5 Å². The lowest BCUT2D eigenvalue weighted by Gasteiger charge is -2.34. The predicted molar refractivity (Wildman–Crippen MR) is 128 cm³/mol. The van der Waals surface area contributed by atoms with Crippen LogP contribution in [0.5, 0.6) is 0 Å². The number of benzene rings is 2. The number of piperazine rings is 1. The van der Waals surface area contributed by atoms with Crippen LogP contribution >= 0.6 is 0 Å². The molecule has 1 saturated heterocycles. The van der Waals surface area contributed by atoms with Gasteiger partial charge in [0, 0.05) is 39.3 Å². The monoisotopic (exact) mass is 431 g/mol. The third kappa shape index (κ3) is 5.64. The van der Waals surface area contributed by atoms with E-state index in [1.807, 2.05) is 35.0 Å². The van der Waals surface area contributed by atoms with E-state index in [2.05, 4.69) is 57.5 Å². The Bertz CT molecular complexity index is 978. The summed E-state index contributed by atoms with van der Waals surface area (Å²) in [6, 6.07) is 20.6. The summed E-state index contributed by atoms with van der Waals surface area (Å²) >= 11 is 0. The van der Waals surface area contributed by atoms with E-state index in [1.165, 1.54) is 5.56 Å². The third-order valence-corrected chi connectivity index (χ3v) is 6.10. The molecule has 6 nitrogen and oxygen atoms in total. The van der Waals surface area contributed by atoms with E-state index in [-0.39, 0.29) is 5.91 Å². The zero-order valence-corrected chi connectivity index (χ0v) is 18.9. The second-order valence-corrected chi connectivity index (χ2v) is 8.32. The maximum atomic E-state index is 12.8. The Morgan fingerprint density at radius 2 is 1.59 bits per heavy atom. The number of carbonyl (C=O) groups excluding carboxylic acids is 1. The zero-order chi connectivity index (χ0) is 22.2. The number of rotatable bonds is 9. The summed E-state index contributed by atoms with van der Waals surface area (Å²) in [5, 5.41) is 7.55. The first-order valence-corrected chi connectivity index (χ1v) is 11.6. The lowest BCUT2D eigenvalue weighted by molar-refractivity contribution is 0.0946. The Morgan fingerprint density at radius 1 is 0.938 bits per heavy atom. The molecular weight excluding hydrogens is 398 g/mol. The highest BCUT2D eigenvalue weighted by Gasteiger charge is 2.18. The number of nitrogens with one attached hydrogen (secondary N) is 1. The number of carbonyl (C=O) groups is 1. The highest BCUT2D eigenvalue weighted by Crippen LogP contribution is 2.15. The maximum Gasteiger partial charge on any atom is 0.254 e. The summed E-state index contributed by atoms with van der Waals surface area (Å²) < 4.78 is 1.86. The molecule has 1 fully saturated rings. The molecule has 0 radical (unpaired) electrons. The van der Waals surface area contributed by atoms with Crippen LogP contribution in [-0.2, 0) is 13.0 Å². The number of hydrogen-bond acceptors (Lipinski definition) is 4. The van der Waals surface area contributed by atoms with Gasteiger partial charge in [-0.2, -0.15) is 5.10 Å². The molecule has 0 bridgehead atoms. The van der Waals surface area contributed by atoms with Crippen molar-refractivity contribution >= 4 is 5.91 Å². The molecule has 4 rings (SSSR count). The molecule has 1 amide bonds. The van der Waals surface area contributed by atoms with Crippen LogP contribution in [0.4, 0.5) is 0 Å². The van der Waals surface area contributed by atoms with E-state index in [4.69, 9.17) is 0 Å². The highest BCUT2D eigenvalue weighted by molar-refractivity contribution is 5.95. The second-order valence-electron chi connectivity index (χ2n) is 8.32. The molecule has 0 atom stereocenters. The van der Waals surface area contributed by atoms with Gasteiger partial charge in [0.05, 0.1) is 23.1 Å². The van der Waals surface area contributed by atoms with Gasteiger partial charge in [0.15, 0.2) is 0 Å². The van der Waals surface area contributed by atoms with Crippen LogP contribution in [0.2, 0.25) is 0 Å². The van der Waals surface area contributed by atoms with Gasteiger partial charge < -0.3 is 10.2 Å². The van der Waals surface area contributed by atoms with Crippen molar-refractivity contribution < 1.29 is 4.79 Å². The van der Waals surface area contributed by atoms with Crippen LogP contribution in [0.25, 0.3) is 5.69 Å². The van der Waals surface area contributed by atoms with Gasteiger partial charge in [-0.05, 0) is 37.1 Å². The van der Waals surface area contributed by atoms with E-state index >= 15 is 0 Å². The molecule has 0 unspecified atom stereocenters. The fourth-order valence-corrected chi connectivity index (χ4v) is 4.31. The maximum absolute atomic E-state index is 12.8.